The van der Waals surface area contributed by atoms with Crippen LogP contribution in [0.1, 0.15) is 5.69 Å². The standard InChI is InChI=1S/C11H6F2N4/c12-7-1-2-10(9(13)3-7)17-11-6-15-8(4-14)5-16-11/h1-3,5-6H,(H,16,17). The predicted molar refractivity (Wildman–Crippen MR) is 56.4 cm³/mol. The van der Waals surface area contributed by atoms with Crippen LogP contribution in [0.5, 0.6) is 0 Å². The molecule has 1 aromatic heterocycles. The highest BCUT2D eigenvalue weighted by Gasteiger charge is 2.04. The number of anilines is 2. The maximum Gasteiger partial charge on any atom is 0.158 e. The third kappa shape index (κ3) is 2.52. The molecular weight excluding hydrogens is 226 g/mol. The first kappa shape index (κ1) is 11.0. The van der Waals surface area contributed by atoms with Crippen molar-refractivity contribution in [3.05, 3.63) is 47.9 Å². The Labute approximate surface area is 95.6 Å². The van der Waals surface area contributed by atoms with E-state index in [1.54, 1.807) is 0 Å². The lowest BCUT2D eigenvalue weighted by Gasteiger charge is -2.05. The smallest absolute Gasteiger partial charge is 0.158 e. The zero-order valence-electron chi connectivity index (χ0n) is 8.48. The van der Waals surface area contributed by atoms with Crippen LogP contribution in [-0.2, 0) is 0 Å². The minimum Gasteiger partial charge on any atom is -0.337 e. The summed E-state index contributed by atoms with van der Waals surface area (Å²) in [5.41, 5.74) is 0.250. The number of benzene rings is 1. The van der Waals surface area contributed by atoms with Crippen molar-refractivity contribution < 1.29 is 8.78 Å². The van der Waals surface area contributed by atoms with Crippen molar-refractivity contribution in [1.82, 2.24) is 9.97 Å². The Hall–Kier alpha value is -2.55. The Bertz CT molecular complexity index is 575. The molecular formula is C11H6F2N4. The molecule has 0 saturated carbocycles. The van der Waals surface area contributed by atoms with Gasteiger partial charge in [-0.2, -0.15) is 5.26 Å². The maximum absolute atomic E-state index is 13.3. The van der Waals surface area contributed by atoms with E-state index in [9.17, 15) is 8.78 Å². The van der Waals surface area contributed by atoms with Gasteiger partial charge in [0.1, 0.15) is 23.5 Å². The average molecular weight is 232 g/mol. The van der Waals surface area contributed by atoms with Gasteiger partial charge in [0.15, 0.2) is 5.69 Å². The van der Waals surface area contributed by atoms with Gasteiger partial charge in [-0.1, -0.05) is 0 Å². The first-order valence-corrected chi connectivity index (χ1v) is 4.63. The number of halogens is 2. The Kier molecular flexibility index (Phi) is 2.92. The molecule has 0 bridgehead atoms. The summed E-state index contributed by atoms with van der Waals surface area (Å²) in [7, 11) is 0. The van der Waals surface area contributed by atoms with Crippen molar-refractivity contribution in [2.45, 2.75) is 0 Å². The van der Waals surface area contributed by atoms with Crippen LogP contribution in [0.25, 0.3) is 0 Å². The molecule has 0 aliphatic rings. The van der Waals surface area contributed by atoms with Gasteiger partial charge >= 0.3 is 0 Å². The summed E-state index contributed by atoms with van der Waals surface area (Å²) in [6.07, 6.45) is 2.55. The molecule has 0 fully saturated rings. The predicted octanol–water partition coefficient (Wildman–Crippen LogP) is 2.37. The number of nitrogens with zero attached hydrogens (tertiary/aromatic N) is 3. The molecule has 0 aliphatic carbocycles. The summed E-state index contributed by atoms with van der Waals surface area (Å²) in [5.74, 6) is -1.11. The molecule has 84 valence electrons. The first-order chi connectivity index (χ1) is 8.19. The lowest BCUT2D eigenvalue weighted by atomic mass is 10.3. The van der Waals surface area contributed by atoms with Crippen molar-refractivity contribution in [2.24, 2.45) is 0 Å². The molecule has 1 aromatic carbocycles. The normalized spacial score (nSPS) is 9.71. The second-order valence-corrected chi connectivity index (χ2v) is 3.15. The Morgan fingerprint density at radius 2 is 2.00 bits per heavy atom. The molecule has 4 nitrogen and oxygen atoms in total. The molecule has 0 atom stereocenters. The van der Waals surface area contributed by atoms with Crippen LogP contribution in [-0.4, -0.2) is 9.97 Å². The van der Waals surface area contributed by atoms with Crippen LogP contribution in [0.2, 0.25) is 0 Å². The van der Waals surface area contributed by atoms with Crippen molar-refractivity contribution in [1.29, 1.82) is 5.26 Å². The summed E-state index contributed by atoms with van der Waals surface area (Å²) < 4.78 is 25.9. The minimum absolute atomic E-state index is 0.0883. The largest absolute Gasteiger partial charge is 0.337 e. The van der Waals surface area contributed by atoms with Crippen molar-refractivity contribution in [3.8, 4) is 6.07 Å². The molecule has 0 spiro atoms. The first-order valence-electron chi connectivity index (χ1n) is 4.63. The zero-order chi connectivity index (χ0) is 12.3. The fourth-order valence-corrected chi connectivity index (χ4v) is 1.18. The summed E-state index contributed by atoms with van der Waals surface area (Å²) in [4.78, 5) is 7.61. The summed E-state index contributed by atoms with van der Waals surface area (Å²) in [6, 6.07) is 4.96. The third-order valence-electron chi connectivity index (χ3n) is 1.96. The van der Waals surface area contributed by atoms with Gasteiger partial charge in [-0.05, 0) is 12.1 Å². The highest BCUT2D eigenvalue weighted by atomic mass is 19.1. The Balaban J connectivity index is 2.23. The van der Waals surface area contributed by atoms with Gasteiger partial charge in [-0.3, -0.25) is 0 Å². The van der Waals surface area contributed by atoms with E-state index >= 15 is 0 Å². The fraction of sp³-hybridized carbons (Fsp3) is 0. The van der Waals surface area contributed by atoms with Gasteiger partial charge in [0.25, 0.3) is 0 Å². The van der Waals surface area contributed by atoms with E-state index < -0.39 is 11.6 Å². The van der Waals surface area contributed by atoms with Crippen molar-refractivity contribution in [3.63, 3.8) is 0 Å². The quantitative estimate of drug-likeness (QED) is 0.863. The molecule has 1 heterocycles. The van der Waals surface area contributed by atoms with E-state index in [1.165, 1.54) is 18.5 Å². The lowest BCUT2D eigenvalue weighted by molar-refractivity contribution is 0.586. The van der Waals surface area contributed by atoms with E-state index in [0.29, 0.717) is 0 Å². The number of hydrogen-bond donors (Lipinski definition) is 1. The van der Waals surface area contributed by atoms with Crippen LogP contribution in [0, 0.1) is 23.0 Å². The number of nitrogens with one attached hydrogen (secondary N) is 1. The molecule has 2 rings (SSSR count). The van der Waals surface area contributed by atoms with Crippen LogP contribution in [0.15, 0.2) is 30.6 Å². The van der Waals surface area contributed by atoms with E-state index in [-0.39, 0.29) is 17.2 Å². The lowest BCUT2D eigenvalue weighted by Crippen LogP contribution is -1.98. The Morgan fingerprint density at radius 3 is 2.59 bits per heavy atom. The molecule has 0 aliphatic heterocycles. The number of hydrogen-bond acceptors (Lipinski definition) is 4. The topological polar surface area (TPSA) is 61.6 Å². The number of aromatic nitrogens is 2. The monoisotopic (exact) mass is 232 g/mol. The highest BCUT2D eigenvalue weighted by Crippen LogP contribution is 2.18. The molecule has 0 radical (unpaired) electrons. The molecule has 6 heteroatoms. The van der Waals surface area contributed by atoms with Crippen LogP contribution >= 0.6 is 0 Å². The van der Waals surface area contributed by atoms with Gasteiger partial charge in [0, 0.05) is 6.07 Å². The van der Waals surface area contributed by atoms with Crippen LogP contribution < -0.4 is 5.32 Å². The van der Waals surface area contributed by atoms with Gasteiger partial charge in [0.2, 0.25) is 0 Å². The second-order valence-electron chi connectivity index (χ2n) is 3.15. The zero-order valence-corrected chi connectivity index (χ0v) is 8.48. The molecule has 0 amide bonds. The summed E-state index contributed by atoms with van der Waals surface area (Å²) >= 11 is 0. The molecule has 17 heavy (non-hydrogen) atoms. The van der Waals surface area contributed by atoms with Crippen molar-refractivity contribution in [2.75, 3.05) is 5.32 Å². The summed E-state index contributed by atoms with van der Waals surface area (Å²) in [5, 5.41) is 11.1. The van der Waals surface area contributed by atoms with Crippen molar-refractivity contribution >= 4 is 11.5 Å². The number of rotatable bonds is 2. The molecule has 0 unspecified atom stereocenters. The van der Waals surface area contributed by atoms with Crippen LogP contribution in [0.3, 0.4) is 0 Å². The van der Waals surface area contributed by atoms with E-state index in [4.69, 9.17) is 5.26 Å². The van der Waals surface area contributed by atoms with Crippen LogP contribution in [0.4, 0.5) is 20.3 Å². The van der Waals surface area contributed by atoms with E-state index in [1.807, 2.05) is 6.07 Å². The minimum atomic E-state index is -0.726. The molecule has 0 saturated heterocycles. The van der Waals surface area contributed by atoms with Gasteiger partial charge in [0.05, 0.1) is 18.1 Å². The SMILES string of the molecule is N#Cc1cnc(Nc2ccc(F)cc2F)cn1. The fourth-order valence-electron chi connectivity index (χ4n) is 1.18. The van der Waals surface area contributed by atoms with Gasteiger partial charge in [-0.25, -0.2) is 18.7 Å². The van der Waals surface area contributed by atoms with Gasteiger partial charge < -0.3 is 5.32 Å². The van der Waals surface area contributed by atoms with E-state index in [2.05, 4.69) is 15.3 Å². The molecule has 1 N–H and O–H groups in total. The number of nitriles is 1. The average Bonchev–Trinajstić information content (AvgIpc) is 2.34. The van der Waals surface area contributed by atoms with Gasteiger partial charge in [-0.15, -0.1) is 0 Å². The molecule has 2 aromatic rings. The summed E-state index contributed by atoms with van der Waals surface area (Å²) in [6.45, 7) is 0. The van der Waals surface area contributed by atoms with E-state index in [0.717, 1.165) is 12.1 Å². The third-order valence-corrected chi connectivity index (χ3v) is 1.96. The highest BCUT2D eigenvalue weighted by molar-refractivity contribution is 5.55. The maximum atomic E-state index is 13.3. The second kappa shape index (κ2) is 4.53. The Morgan fingerprint density at radius 1 is 1.18 bits per heavy atom.